The average molecular weight is 407 g/mol. The summed E-state index contributed by atoms with van der Waals surface area (Å²) in [5, 5.41) is 0. The molecule has 0 aromatic heterocycles. The molecule has 28 heavy (non-hydrogen) atoms. The molecule has 3 heterocycles. The van der Waals surface area contributed by atoms with Gasteiger partial charge in [-0.2, -0.15) is 4.31 Å². The number of rotatable bonds is 4. The Bertz CT molecular complexity index is 919. The number of carbonyl (C=O) groups excluding carboxylic acids is 2. The lowest BCUT2D eigenvalue weighted by molar-refractivity contribution is -0.149. The number of piperidine rings is 1. The van der Waals surface area contributed by atoms with Crippen LogP contribution in [0.5, 0.6) is 0 Å². The van der Waals surface area contributed by atoms with Crippen LogP contribution in [-0.2, 0) is 30.8 Å². The fourth-order valence-corrected chi connectivity index (χ4v) is 6.11. The number of nitrogens with zero attached hydrogens (tertiary/aromatic N) is 2. The van der Waals surface area contributed by atoms with E-state index >= 15 is 0 Å². The molecular weight excluding hydrogens is 380 g/mol. The van der Waals surface area contributed by atoms with Gasteiger partial charge in [0.1, 0.15) is 0 Å². The second kappa shape index (κ2) is 7.15. The van der Waals surface area contributed by atoms with Crippen LogP contribution in [-0.4, -0.2) is 50.8 Å². The van der Waals surface area contributed by atoms with Crippen molar-refractivity contribution in [3.05, 3.63) is 23.3 Å². The molecule has 3 aliphatic rings. The van der Waals surface area contributed by atoms with Crippen LogP contribution in [0.15, 0.2) is 17.0 Å². The minimum absolute atomic E-state index is 0.0562. The van der Waals surface area contributed by atoms with E-state index in [4.69, 9.17) is 4.74 Å². The highest BCUT2D eigenvalue weighted by Gasteiger charge is 2.40. The van der Waals surface area contributed by atoms with E-state index in [2.05, 4.69) is 0 Å². The minimum Gasteiger partial charge on any atom is -0.466 e. The number of anilines is 1. The molecule has 1 atom stereocenters. The first kappa shape index (κ1) is 19.4. The summed E-state index contributed by atoms with van der Waals surface area (Å²) in [5.74, 6) is -0.731. The molecule has 3 aliphatic heterocycles. The molecule has 152 valence electrons. The summed E-state index contributed by atoms with van der Waals surface area (Å²) in [6.45, 7) is 5.26. The number of benzene rings is 1. The molecule has 0 saturated carbocycles. The lowest BCUT2D eigenvalue weighted by atomic mass is 9.97. The van der Waals surface area contributed by atoms with Crippen LogP contribution >= 0.6 is 0 Å². The molecule has 1 amide bonds. The summed E-state index contributed by atoms with van der Waals surface area (Å²) in [6, 6.07) is 3.42. The van der Waals surface area contributed by atoms with Gasteiger partial charge in [-0.3, -0.25) is 9.59 Å². The smallest absolute Gasteiger partial charge is 0.309 e. The van der Waals surface area contributed by atoms with Gasteiger partial charge in [0.15, 0.2) is 0 Å². The zero-order valence-corrected chi connectivity index (χ0v) is 17.1. The predicted octanol–water partition coefficient (Wildman–Crippen LogP) is 2.05. The van der Waals surface area contributed by atoms with Crippen LogP contribution < -0.4 is 4.90 Å². The Morgan fingerprint density at radius 2 is 1.93 bits per heavy atom. The van der Waals surface area contributed by atoms with Gasteiger partial charge >= 0.3 is 5.97 Å². The maximum atomic E-state index is 13.3. The monoisotopic (exact) mass is 406 g/mol. The number of hydrogen-bond acceptors (Lipinski definition) is 5. The highest BCUT2D eigenvalue weighted by Crippen LogP contribution is 2.44. The van der Waals surface area contributed by atoms with Gasteiger partial charge in [-0.25, -0.2) is 8.42 Å². The zero-order valence-electron chi connectivity index (χ0n) is 16.3. The molecule has 1 aromatic rings. The van der Waals surface area contributed by atoms with Gasteiger partial charge in [-0.15, -0.1) is 0 Å². The summed E-state index contributed by atoms with van der Waals surface area (Å²) in [4.78, 5) is 26.5. The minimum atomic E-state index is -3.66. The highest BCUT2D eigenvalue weighted by atomic mass is 32.2. The van der Waals surface area contributed by atoms with Gasteiger partial charge in [-0.1, -0.05) is 0 Å². The van der Waals surface area contributed by atoms with Gasteiger partial charge < -0.3 is 9.64 Å². The standard InChI is InChI=1S/C20H26N2O5S/c1-3-27-20(24)14-6-9-21(10-7-14)28(25,26)16-11-15-5-4-8-22-18(15)17(12-16)13(2)19(22)23/h11-14H,3-10H2,1-2H3/t13-/m1/s1. The van der Waals surface area contributed by atoms with Crippen LogP contribution in [0.2, 0.25) is 0 Å². The van der Waals surface area contributed by atoms with Crippen molar-refractivity contribution in [2.75, 3.05) is 31.1 Å². The molecule has 1 fully saturated rings. The third-order valence-electron chi connectivity index (χ3n) is 6.10. The van der Waals surface area contributed by atoms with Crippen LogP contribution in [0.3, 0.4) is 0 Å². The number of hydrogen-bond donors (Lipinski definition) is 0. The van der Waals surface area contributed by atoms with Crippen molar-refractivity contribution in [1.29, 1.82) is 0 Å². The highest BCUT2D eigenvalue weighted by molar-refractivity contribution is 7.89. The van der Waals surface area contributed by atoms with E-state index in [0.29, 0.717) is 39.1 Å². The first-order valence-electron chi connectivity index (χ1n) is 9.99. The topological polar surface area (TPSA) is 84.0 Å². The number of amides is 1. The summed E-state index contributed by atoms with van der Waals surface area (Å²) < 4.78 is 33.0. The molecular formula is C20H26N2O5S. The molecule has 1 aromatic carbocycles. The lowest BCUT2D eigenvalue weighted by Crippen LogP contribution is -2.40. The molecule has 8 heteroatoms. The number of aryl methyl sites for hydroxylation is 1. The summed E-state index contributed by atoms with van der Waals surface area (Å²) >= 11 is 0. The first-order valence-corrected chi connectivity index (χ1v) is 11.4. The molecule has 0 bridgehead atoms. The van der Waals surface area contributed by atoms with Crippen LogP contribution in [0.1, 0.15) is 50.2 Å². The van der Waals surface area contributed by atoms with E-state index in [0.717, 1.165) is 29.7 Å². The molecule has 0 spiro atoms. The van der Waals surface area contributed by atoms with Gasteiger partial charge in [-0.05, 0) is 62.8 Å². The largest absolute Gasteiger partial charge is 0.466 e. The Balaban J connectivity index is 1.60. The summed E-state index contributed by atoms with van der Waals surface area (Å²) in [6.07, 6.45) is 2.57. The molecule has 1 saturated heterocycles. The maximum Gasteiger partial charge on any atom is 0.309 e. The average Bonchev–Trinajstić information content (AvgIpc) is 2.95. The Labute approximate surface area is 165 Å². The summed E-state index contributed by atoms with van der Waals surface area (Å²) in [5.41, 5.74) is 2.69. The van der Waals surface area contributed by atoms with Gasteiger partial charge in [0.25, 0.3) is 0 Å². The summed E-state index contributed by atoms with van der Waals surface area (Å²) in [7, 11) is -3.66. The van der Waals surface area contributed by atoms with Gasteiger partial charge in [0.2, 0.25) is 15.9 Å². The fourth-order valence-electron chi connectivity index (χ4n) is 4.56. The van der Waals surface area contributed by atoms with Crippen molar-refractivity contribution < 1.29 is 22.7 Å². The van der Waals surface area contributed by atoms with E-state index in [-0.39, 0.29) is 28.6 Å². The predicted molar refractivity (Wildman–Crippen MR) is 104 cm³/mol. The van der Waals surface area contributed by atoms with Crippen molar-refractivity contribution in [2.24, 2.45) is 5.92 Å². The van der Waals surface area contributed by atoms with Crippen molar-refractivity contribution in [3.63, 3.8) is 0 Å². The number of ether oxygens (including phenoxy) is 1. The number of sulfonamides is 1. The normalized spacial score (nSPS) is 23.0. The second-order valence-corrected chi connectivity index (χ2v) is 9.70. The molecule has 0 radical (unpaired) electrons. The van der Waals surface area contributed by atoms with E-state index in [1.165, 1.54) is 4.31 Å². The zero-order chi connectivity index (χ0) is 20.1. The number of carbonyl (C=O) groups is 2. The maximum absolute atomic E-state index is 13.3. The van der Waals surface area contributed by atoms with Crippen LogP contribution in [0.4, 0.5) is 5.69 Å². The van der Waals surface area contributed by atoms with Crippen molar-refractivity contribution in [1.82, 2.24) is 4.31 Å². The van der Waals surface area contributed by atoms with E-state index < -0.39 is 10.0 Å². The third-order valence-corrected chi connectivity index (χ3v) is 7.98. The van der Waals surface area contributed by atoms with E-state index in [1.54, 1.807) is 24.0 Å². The number of esters is 1. The quantitative estimate of drug-likeness (QED) is 0.715. The van der Waals surface area contributed by atoms with Crippen molar-refractivity contribution in [3.8, 4) is 0 Å². The van der Waals surface area contributed by atoms with E-state index in [1.807, 2.05) is 6.92 Å². The lowest BCUT2D eigenvalue weighted by Gasteiger charge is -2.31. The van der Waals surface area contributed by atoms with Crippen LogP contribution in [0, 0.1) is 5.92 Å². The fraction of sp³-hybridized carbons (Fsp3) is 0.600. The Morgan fingerprint density at radius 3 is 2.61 bits per heavy atom. The Morgan fingerprint density at radius 1 is 1.21 bits per heavy atom. The van der Waals surface area contributed by atoms with Crippen LogP contribution in [0.25, 0.3) is 0 Å². The Kier molecular flexibility index (Phi) is 4.95. The van der Waals surface area contributed by atoms with Crippen molar-refractivity contribution in [2.45, 2.75) is 50.3 Å². The van der Waals surface area contributed by atoms with Gasteiger partial charge in [0, 0.05) is 19.6 Å². The molecule has 0 N–H and O–H groups in total. The van der Waals surface area contributed by atoms with E-state index in [9.17, 15) is 18.0 Å². The van der Waals surface area contributed by atoms with Crippen molar-refractivity contribution >= 4 is 27.6 Å². The SMILES string of the molecule is CCOC(=O)C1CCN(S(=O)(=O)c2cc3c4c(c2)[C@@H](C)C(=O)N4CCC3)CC1. The van der Waals surface area contributed by atoms with Gasteiger partial charge in [0.05, 0.1) is 29.0 Å². The molecule has 4 rings (SSSR count). The Hall–Kier alpha value is -1.93. The third kappa shape index (κ3) is 3.03. The molecule has 0 aliphatic carbocycles. The second-order valence-electron chi connectivity index (χ2n) is 7.77. The molecule has 0 unspecified atom stereocenters. The first-order chi connectivity index (χ1) is 13.3. The molecule has 7 nitrogen and oxygen atoms in total.